The van der Waals surface area contributed by atoms with Gasteiger partial charge in [0.25, 0.3) is 0 Å². The third-order valence-corrected chi connectivity index (χ3v) is 2.57. The second-order valence-corrected chi connectivity index (χ2v) is 3.86. The van der Waals surface area contributed by atoms with Gasteiger partial charge in [-0.1, -0.05) is 17.7 Å². The number of aliphatic hydroxyl groups is 1. The Labute approximate surface area is 93.1 Å². The Morgan fingerprint density at radius 2 is 2.13 bits per heavy atom. The summed E-state index contributed by atoms with van der Waals surface area (Å²) >= 11 is 5.84. The van der Waals surface area contributed by atoms with E-state index in [9.17, 15) is 5.11 Å². The van der Waals surface area contributed by atoms with Gasteiger partial charge >= 0.3 is 0 Å². The van der Waals surface area contributed by atoms with Crippen molar-refractivity contribution in [2.75, 3.05) is 0 Å². The van der Waals surface area contributed by atoms with Crippen LogP contribution in [0.25, 0.3) is 0 Å². The van der Waals surface area contributed by atoms with Crippen LogP contribution in [0.4, 0.5) is 0 Å². The van der Waals surface area contributed by atoms with E-state index in [4.69, 9.17) is 16.0 Å². The van der Waals surface area contributed by atoms with Crippen molar-refractivity contribution < 1.29 is 9.52 Å². The first kappa shape index (κ1) is 10.3. The van der Waals surface area contributed by atoms with Crippen molar-refractivity contribution in [1.29, 1.82) is 0 Å². The van der Waals surface area contributed by atoms with Crippen LogP contribution >= 0.6 is 11.6 Å². The minimum Gasteiger partial charge on any atom is -0.466 e. The average molecular weight is 223 g/mol. The number of rotatable bonds is 2. The molecule has 1 aromatic carbocycles. The predicted octanol–water partition coefficient (Wildman–Crippen LogP) is 3.32. The molecule has 0 spiro atoms. The summed E-state index contributed by atoms with van der Waals surface area (Å²) in [7, 11) is 0. The van der Waals surface area contributed by atoms with E-state index in [2.05, 4.69) is 0 Å². The molecule has 3 heteroatoms. The molecule has 0 unspecified atom stereocenters. The third-order valence-electron chi connectivity index (χ3n) is 2.34. The molecule has 1 atom stereocenters. The van der Waals surface area contributed by atoms with Gasteiger partial charge in [-0.2, -0.15) is 0 Å². The number of hydrogen-bond donors (Lipinski definition) is 1. The van der Waals surface area contributed by atoms with Crippen LogP contribution in [0.15, 0.2) is 41.0 Å². The molecule has 1 N–H and O–H groups in total. The minimum atomic E-state index is -0.725. The summed E-state index contributed by atoms with van der Waals surface area (Å²) in [6, 6.07) is 8.90. The molecule has 0 saturated heterocycles. The lowest BCUT2D eigenvalue weighted by molar-refractivity contribution is 0.188. The molecule has 0 radical (unpaired) electrons. The van der Waals surface area contributed by atoms with E-state index in [1.54, 1.807) is 24.5 Å². The zero-order valence-corrected chi connectivity index (χ0v) is 9.03. The summed E-state index contributed by atoms with van der Waals surface area (Å²) in [6.45, 7) is 1.91. The largest absolute Gasteiger partial charge is 0.466 e. The highest BCUT2D eigenvalue weighted by Crippen LogP contribution is 2.26. The van der Waals surface area contributed by atoms with Gasteiger partial charge in [0.2, 0.25) is 0 Å². The molecule has 1 aromatic heterocycles. The van der Waals surface area contributed by atoms with Gasteiger partial charge in [0.15, 0.2) is 0 Å². The summed E-state index contributed by atoms with van der Waals surface area (Å²) < 4.78 is 5.15. The molecule has 0 fully saturated rings. The number of aliphatic hydroxyl groups excluding tert-OH is 1. The molecular formula is C12H11ClO2. The predicted molar refractivity (Wildman–Crippen MR) is 59.0 cm³/mol. The van der Waals surface area contributed by atoms with Crippen LogP contribution < -0.4 is 0 Å². The van der Waals surface area contributed by atoms with E-state index in [0.29, 0.717) is 10.8 Å². The van der Waals surface area contributed by atoms with Crippen molar-refractivity contribution in [2.45, 2.75) is 13.0 Å². The van der Waals surface area contributed by atoms with E-state index >= 15 is 0 Å². The number of furan rings is 1. The summed E-state index contributed by atoms with van der Waals surface area (Å²) in [5.74, 6) is 0.542. The van der Waals surface area contributed by atoms with E-state index in [1.165, 1.54) is 0 Å². The highest BCUT2D eigenvalue weighted by Gasteiger charge is 2.15. The Hall–Kier alpha value is -1.25. The Balaban J connectivity index is 2.38. The van der Waals surface area contributed by atoms with Gasteiger partial charge in [0.1, 0.15) is 11.9 Å². The van der Waals surface area contributed by atoms with Crippen LogP contribution in [0.2, 0.25) is 5.02 Å². The quantitative estimate of drug-likeness (QED) is 0.846. The zero-order valence-electron chi connectivity index (χ0n) is 8.27. The van der Waals surface area contributed by atoms with Gasteiger partial charge < -0.3 is 9.52 Å². The summed E-state index contributed by atoms with van der Waals surface area (Å²) in [5.41, 5.74) is 1.76. The first-order chi connectivity index (χ1) is 7.18. The number of aryl methyl sites for hydroxylation is 1. The lowest BCUT2D eigenvalue weighted by Crippen LogP contribution is -2.00. The van der Waals surface area contributed by atoms with Gasteiger partial charge in [-0.3, -0.25) is 0 Å². The Bertz CT molecular complexity index is 449. The van der Waals surface area contributed by atoms with Crippen molar-refractivity contribution in [2.24, 2.45) is 0 Å². The highest BCUT2D eigenvalue weighted by atomic mass is 35.5. The molecule has 0 amide bonds. The second-order valence-electron chi connectivity index (χ2n) is 3.42. The number of halogens is 1. The van der Waals surface area contributed by atoms with Crippen LogP contribution in [0.1, 0.15) is 23.0 Å². The van der Waals surface area contributed by atoms with E-state index in [-0.39, 0.29) is 0 Å². The molecular weight excluding hydrogens is 212 g/mol. The summed E-state index contributed by atoms with van der Waals surface area (Å²) in [4.78, 5) is 0. The Morgan fingerprint density at radius 3 is 2.73 bits per heavy atom. The standard InChI is InChI=1S/C12H11ClO2/c1-8-7-9(13)4-5-10(8)12(14)11-3-2-6-15-11/h2-7,12,14H,1H3/t12-/m1/s1. The third kappa shape index (κ3) is 2.06. The van der Waals surface area contributed by atoms with Crippen LogP contribution in [0.3, 0.4) is 0 Å². The zero-order chi connectivity index (χ0) is 10.8. The monoisotopic (exact) mass is 222 g/mol. The van der Waals surface area contributed by atoms with Crippen molar-refractivity contribution >= 4 is 11.6 Å². The van der Waals surface area contributed by atoms with Crippen molar-refractivity contribution in [3.8, 4) is 0 Å². The normalized spacial score (nSPS) is 12.7. The Morgan fingerprint density at radius 1 is 1.33 bits per heavy atom. The lowest BCUT2D eigenvalue weighted by atomic mass is 10.0. The molecule has 2 nitrogen and oxygen atoms in total. The summed E-state index contributed by atoms with van der Waals surface area (Å²) in [6.07, 6.45) is 0.821. The topological polar surface area (TPSA) is 33.4 Å². The molecule has 0 aliphatic heterocycles. The molecule has 0 aliphatic rings. The van der Waals surface area contributed by atoms with Crippen LogP contribution in [-0.4, -0.2) is 5.11 Å². The van der Waals surface area contributed by atoms with Crippen molar-refractivity contribution in [1.82, 2.24) is 0 Å². The fraction of sp³-hybridized carbons (Fsp3) is 0.167. The molecule has 1 heterocycles. The van der Waals surface area contributed by atoms with Crippen LogP contribution in [-0.2, 0) is 0 Å². The van der Waals surface area contributed by atoms with Gasteiger partial charge in [-0.25, -0.2) is 0 Å². The summed E-state index contributed by atoms with van der Waals surface area (Å²) in [5, 5.41) is 10.7. The van der Waals surface area contributed by atoms with Gasteiger partial charge in [0, 0.05) is 5.02 Å². The molecule has 0 aliphatic carbocycles. The average Bonchev–Trinajstić information content (AvgIpc) is 2.69. The SMILES string of the molecule is Cc1cc(Cl)ccc1[C@@H](O)c1ccco1. The molecule has 2 aromatic rings. The van der Waals surface area contributed by atoms with E-state index in [1.807, 2.05) is 19.1 Å². The van der Waals surface area contributed by atoms with Gasteiger partial charge in [0.05, 0.1) is 6.26 Å². The van der Waals surface area contributed by atoms with E-state index < -0.39 is 6.10 Å². The second kappa shape index (κ2) is 4.09. The molecule has 15 heavy (non-hydrogen) atoms. The van der Waals surface area contributed by atoms with Crippen LogP contribution in [0.5, 0.6) is 0 Å². The van der Waals surface area contributed by atoms with Gasteiger partial charge in [-0.15, -0.1) is 0 Å². The van der Waals surface area contributed by atoms with E-state index in [0.717, 1.165) is 11.1 Å². The maximum atomic E-state index is 10.0. The molecule has 2 rings (SSSR count). The molecule has 78 valence electrons. The first-order valence-corrected chi connectivity index (χ1v) is 5.04. The maximum Gasteiger partial charge on any atom is 0.137 e. The molecule has 0 saturated carbocycles. The number of hydrogen-bond acceptors (Lipinski definition) is 2. The van der Waals surface area contributed by atoms with Crippen molar-refractivity contribution in [3.63, 3.8) is 0 Å². The fourth-order valence-corrected chi connectivity index (χ4v) is 1.77. The highest BCUT2D eigenvalue weighted by molar-refractivity contribution is 6.30. The number of benzene rings is 1. The van der Waals surface area contributed by atoms with Gasteiger partial charge in [-0.05, 0) is 42.3 Å². The fourth-order valence-electron chi connectivity index (χ4n) is 1.55. The first-order valence-electron chi connectivity index (χ1n) is 4.66. The maximum absolute atomic E-state index is 10.0. The van der Waals surface area contributed by atoms with Crippen molar-refractivity contribution in [3.05, 3.63) is 58.5 Å². The Kier molecular flexibility index (Phi) is 2.80. The smallest absolute Gasteiger partial charge is 0.137 e. The van der Waals surface area contributed by atoms with Crippen LogP contribution in [0, 0.1) is 6.92 Å². The lowest BCUT2D eigenvalue weighted by Gasteiger charge is -2.11. The molecule has 0 bridgehead atoms. The minimum absolute atomic E-state index is 0.542.